The lowest BCUT2D eigenvalue weighted by atomic mass is 10.3. The molecule has 0 radical (unpaired) electrons. The summed E-state index contributed by atoms with van der Waals surface area (Å²) in [7, 11) is 0. The van der Waals surface area contributed by atoms with E-state index in [0.717, 1.165) is 11.5 Å². The summed E-state index contributed by atoms with van der Waals surface area (Å²) in [4.78, 5) is 0. The molecular formula is C12H15IO2. The molecule has 0 spiro atoms. The lowest BCUT2D eigenvalue weighted by Gasteiger charge is -2.14. The first-order valence-electron chi connectivity index (χ1n) is 5.28. The van der Waals surface area contributed by atoms with Gasteiger partial charge in [0.15, 0.2) is 11.5 Å². The summed E-state index contributed by atoms with van der Waals surface area (Å²) >= 11 is 2.29. The molecule has 0 bridgehead atoms. The summed E-state index contributed by atoms with van der Waals surface area (Å²) in [5.74, 6) is 1.75. The van der Waals surface area contributed by atoms with E-state index in [-0.39, 0.29) is 6.10 Å². The predicted molar refractivity (Wildman–Crippen MR) is 68.6 cm³/mol. The smallest absolute Gasteiger partial charge is 0.162 e. The number of halogens is 1. The molecule has 2 nitrogen and oxygen atoms in total. The van der Waals surface area contributed by atoms with E-state index in [9.17, 15) is 0 Å². The first kappa shape index (κ1) is 11.0. The Labute approximate surface area is 104 Å². The van der Waals surface area contributed by atoms with Crippen LogP contribution in [0, 0.1) is 3.57 Å². The number of hydrogen-bond donors (Lipinski definition) is 0. The van der Waals surface area contributed by atoms with Gasteiger partial charge < -0.3 is 9.47 Å². The summed E-state index contributed by atoms with van der Waals surface area (Å²) in [6.45, 7) is 4.05. The second kappa shape index (κ2) is 4.60. The quantitative estimate of drug-likeness (QED) is 0.790. The van der Waals surface area contributed by atoms with E-state index < -0.39 is 0 Å². The highest BCUT2D eigenvalue weighted by atomic mass is 127. The van der Waals surface area contributed by atoms with Crippen molar-refractivity contribution in [2.75, 3.05) is 0 Å². The highest BCUT2D eigenvalue weighted by Gasteiger charge is 2.25. The van der Waals surface area contributed by atoms with Gasteiger partial charge in [0.1, 0.15) is 0 Å². The third-order valence-corrected chi connectivity index (χ3v) is 2.76. The molecule has 0 heterocycles. The van der Waals surface area contributed by atoms with Crippen molar-refractivity contribution in [1.29, 1.82) is 0 Å². The van der Waals surface area contributed by atoms with E-state index in [1.807, 2.05) is 32.0 Å². The molecule has 0 aliphatic heterocycles. The molecule has 0 amide bonds. The number of ether oxygens (including phenoxy) is 2. The van der Waals surface area contributed by atoms with Crippen LogP contribution in [0.4, 0.5) is 0 Å². The Morgan fingerprint density at radius 1 is 1.27 bits per heavy atom. The summed E-state index contributed by atoms with van der Waals surface area (Å²) < 4.78 is 12.7. The largest absolute Gasteiger partial charge is 0.487 e. The Morgan fingerprint density at radius 2 is 2.00 bits per heavy atom. The summed E-state index contributed by atoms with van der Waals surface area (Å²) in [5, 5.41) is 0. The molecule has 15 heavy (non-hydrogen) atoms. The van der Waals surface area contributed by atoms with Crippen molar-refractivity contribution in [2.24, 2.45) is 0 Å². The molecule has 1 aliphatic rings. The molecule has 0 aromatic heterocycles. The maximum atomic E-state index is 5.81. The number of benzene rings is 1. The van der Waals surface area contributed by atoms with Crippen molar-refractivity contribution in [3.05, 3.63) is 21.8 Å². The molecule has 82 valence electrons. The van der Waals surface area contributed by atoms with Crippen molar-refractivity contribution in [3.63, 3.8) is 0 Å². The monoisotopic (exact) mass is 318 g/mol. The molecule has 0 unspecified atom stereocenters. The van der Waals surface area contributed by atoms with Crippen LogP contribution in [-0.2, 0) is 0 Å². The molecule has 1 fully saturated rings. The van der Waals surface area contributed by atoms with Crippen molar-refractivity contribution in [1.82, 2.24) is 0 Å². The molecule has 1 aliphatic carbocycles. The average molecular weight is 318 g/mol. The zero-order chi connectivity index (χ0) is 10.8. The van der Waals surface area contributed by atoms with Gasteiger partial charge in [0.05, 0.1) is 12.2 Å². The topological polar surface area (TPSA) is 18.5 Å². The van der Waals surface area contributed by atoms with E-state index in [0.29, 0.717) is 6.10 Å². The Kier molecular flexibility index (Phi) is 3.38. The standard InChI is InChI=1S/C12H15IO2/c1-8(2)14-11-6-3-9(13)7-12(11)15-10-4-5-10/h3,6-8,10H,4-5H2,1-2H3. The Balaban J connectivity index is 2.17. The van der Waals surface area contributed by atoms with E-state index in [2.05, 4.69) is 22.6 Å². The Morgan fingerprint density at radius 3 is 2.60 bits per heavy atom. The van der Waals surface area contributed by atoms with E-state index in [1.54, 1.807) is 0 Å². The summed E-state index contributed by atoms with van der Waals surface area (Å²) in [5.41, 5.74) is 0. The van der Waals surface area contributed by atoms with Gasteiger partial charge in [-0.25, -0.2) is 0 Å². The van der Waals surface area contributed by atoms with Gasteiger partial charge in [0.2, 0.25) is 0 Å². The van der Waals surface area contributed by atoms with E-state index in [4.69, 9.17) is 9.47 Å². The molecule has 1 aromatic carbocycles. The van der Waals surface area contributed by atoms with Gasteiger partial charge in [-0.05, 0) is 67.5 Å². The molecule has 0 atom stereocenters. The van der Waals surface area contributed by atoms with Crippen molar-refractivity contribution in [2.45, 2.75) is 38.9 Å². The van der Waals surface area contributed by atoms with Crippen LogP contribution in [-0.4, -0.2) is 12.2 Å². The van der Waals surface area contributed by atoms with Crippen LogP contribution in [0.2, 0.25) is 0 Å². The van der Waals surface area contributed by atoms with Crippen LogP contribution in [0.25, 0.3) is 0 Å². The molecule has 3 heteroatoms. The van der Waals surface area contributed by atoms with Crippen molar-refractivity contribution in [3.8, 4) is 11.5 Å². The second-order valence-electron chi connectivity index (χ2n) is 4.07. The fourth-order valence-corrected chi connectivity index (χ4v) is 1.75. The maximum Gasteiger partial charge on any atom is 0.162 e. The van der Waals surface area contributed by atoms with Crippen molar-refractivity contribution < 1.29 is 9.47 Å². The lowest BCUT2D eigenvalue weighted by molar-refractivity contribution is 0.217. The third-order valence-electron chi connectivity index (χ3n) is 2.09. The van der Waals surface area contributed by atoms with Gasteiger partial charge in [-0.2, -0.15) is 0 Å². The van der Waals surface area contributed by atoms with Gasteiger partial charge >= 0.3 is 0 Å². The van der Waals surface area contributed by atoms with Crippen LogP contribution in [0.1, 0.15) is 26.7 Å². The Hall–Kier alpha value is -0.450. The Bertz CT molecular complexity index is 345. The van der Waals surface area contributed by atoms with Gasteiger partial charge in [-0.3, -0.25) is 0 Å². The first-order valence-corrected chi connectivity index (χ1v) is 6.36. The molecular weight excluding hydrogens is 303 g/mol. The van der Waals surface area contributed by atoms with Crippen LogP contribution >= 0.6 is 22.6 Å². The zero-order valence-electron chi connectivity index (χ0n) is 9.00. The average Bonchev–Trinajstić information content (AvgIpc) is 2.93. The minimum Gasteiger partial charge on any atom is -0.487 e. The lowest BCUT2D eigenvalue weighted by Crippen LogP contribution is -2.08. The normalized spacial score (nSPS) is 15.5. The SMILES string of the molecule is CC(C)Oc1ccc(I)cc1OC1CC1. The third kappa shape index (κ3) is 3.26. The molecule has 1 saturated carbocycles. The second-order valence-corrected chi connectivity index (χ2v) is 5.32. The highest BCUT2D eigenvalue weighted by molar-refractivity contribution is 14.1. The predicted octanol–water partition coefficient (Wildman–Crippen LogP) is 3.62. The number of hydrogen-bond acceptors (Lipinski definition) is 2. The van der Waals surface area contributed by atoms with Crippen LogP contribution < -0.4 is 9.47 Å². The molecule has 0 N–H and O–H groups in total. The number of rotatable bonds is 4. The highest BCUT2D eigenvalue weighted by Crippen LogP contribution is 2.35. The fourth-order valence-electron chi connectivity index (χ4n) is 1.29. The molecule has 1 aromatic rings. The van der Waals surface area contributed by atoms with Crippen molar-refractivity contribution >= 4 is 22.6 Å². The summed E-state index contributed by atoms with van der Waals surface area (Å²) in [6, 6.07) is 6.06. The summed E-state index contributed by atoms with van der Waals surface area (Å²) in [6.07, 6.45) is 2.95. The fraction of sp³-hybridized carbons (Fsp3) is 0.500. The minimum atomic E-state index is 0.187. The first-order chi connectivity index (χ1) is 7.15. The van der Waals surface area contributed by atoms with E-state index in [1.165, 1.54) is 16.4 Å². The van der Waals surface area contributed by atoms with Gasteiger partial charge in [0.25, 0.3) is 0 Å². The van der Waals surface area contributed by atoms with E-state index >= 15 is 0 Å². The zero-order valence-corrected chi connectivity index (χ0v) is 11.2. The van der Waals surface area contributed by atoms with Gasteiger partial charge in [0, 0.05) is 3.57 Å². The van der Waals surface area contributed by atoms with Gasteiger partial charge in [-0.15, -0.1) is 0 Å². The van der Waals surface area contributed by atoms with Crippen LogP contribution in [0.3, 0.4) is 0 Å². The molecule has 0 saturated heterocycles. The van der Waals surface area contributed by atoms with Gasteiger partial charge in [-0.1, -0.05) is 0 Å². The van der Waals surface area contributed by atoms with Crippen LogP contribution in [0.5, 0.6) is 11.5 Å². The minimum absolute atomic E-state index is 0.187. The van der Waals surface area contributed by atoms with Crippen LogP contribution in [0.15, 0.2) is 18.2 Å². The molecule has 2 rings (SSSR count). The maximum absolute atomic E-state index is 5.81.